The zero-order chi connectivity index (χ0) is 7.28. The Morgan fingerprint density at radius 3 is 2.67 bits per heavy atom. The van der Waals surface area contributed by atoms with Gasteiger partial charge in [-0.15, -0.1) is 0 Å². The van der Waals surface area contributed by atoms with E-state index in [1.54, 1.807) is 6.54 Å². The number of halogens is 2. The van der Waals surface area contributed by atoms with Crippen molar-refractivity contribution in [3.05, 3.63) is 6.54 Å². The molecule has 0 saturated carbocycles. The second kappa shape index (κ2) is 4.89. The summed E-state index contributed by atoms with van der Waals surface area (Å²) >= 11 is 10.4. The molecule has 0 spiro atoms. The predicted molar refractivity (Wildman–Crippen MR) is 38.2 cm³/mol. The molecule has 0 rings (SSSR count). The first-order chi connectivity index (χ1) is 4.18. The molecule has 2 nitrogen and oxygen atoms in total. The van der Waals surface area contributed by atoms with E-state index in [1.807, 2.05) is 6.92 Å². The highest BCUT2D eigenvalue weighted by molar-refractivity contribution is 6.53. The molecular weight excluding hydrogens is 161 g/mol. The van der Waals surface area contributed by atoms with E-state index < -0.39 is 4.84 Å². The quantitative estimate of drug-likeness (QED) is 0.637. The van der Waals surface area contributed by atoms with Crippen molar-refractivity contribution in [1.82, 2.24) is 5.32 Å². The predicted octanol–water partition coefficient (Wildman–Crippen LogP) is 1.48. The minimum atomic E-state index is -0.965. The molecule has 9 heavy (non-hydrogen) atoms. The van der Waals surface area contributed by atoms with Gasteiger partial charge in [-0.1, -0.05) is 30.1 Å². The largest absolute Gasteiger partial charge is 0.349 e. The van der Waals surface area contributed by atoms with Crippen LogP contribution in [0.2, 0.25) is 0 Å². The van der Waals surface area contributed by atoms with Crippen LogP contribution in [0.3, 0.4) is 0 Å². The molecule has 0 fully saturated rings. The molecule has 0 unspecified atom stereocenters. The number of nitrogens with one attached hydrogen (secondary N) is 1. The van der Waals surface area contributed by atoms with E-state index in [4.69, 9.17) is 23.2 Å². The first-order valence-electron chi connectivity index (χ1n) is 2.58. The van der Waals surface area contributed by atoms with Crippen molar-refractivity contribution in [2.45, 2.75) is 18.2 Å². The van der Waals surface area contributed by atoms with Gasteiger partial charge in [0, 0.05) is 6.54 Å². The lowest BCUT2D eigenvalue weighted by Gasteiger charge is -2.00. The van der Waals surface area contributed by atoms with Gasteiger partial charge in [-0.25, -0.2) is 0 Å². The van der Waals surface area contributed by atoms with Crippen molar-refractivity contribution < 1.29 is 4.79 Å². The molecule has 0 aliphatic rings. The molecule has 0 bridgehead atoms. The maximum absolute atomic E-state index is 10.5. The summed E-state index contributed by atoms with van der Waals surface area (Å²) in [5, 5.41) is 2.40. The first kappa shape index (κ1) is 9.05. The monoisotopic (exact) mass is 168 g/mol. The lowest BCUT2D eigenvalue weighted by atomic mass is 10.5. The second-order valence-corrected chi connectivity index (χ2v) is 2.52. The molecule has 0 aromatic rings. The van der Waals surface area contributed by atoms with Crippen molar-refractivity contribution in [3.63, 3.8) is 0 Å². The van der Waals surface area contributed by atoms with Crippen LogP contribution < -0.4 is 5.32 Å². The zero-order valence-electron chi connectivity index (χ0n) is 5.03. The van der Waals surface area contributed by atoms with Gasteiger partial charge in [-0.2, -0.15) is 0 Å². The number of carbonyl (C=O) groups is 1. The Bertz CT molecular complexity index is 95.0. The summed E-state index contributed by atoms with van der Waals surface area (Å²) in [7, 11) is 0. The average molecular weight is 169 g/mol. The minimum absolute atomic E-state index is 0.375. The van der Waals surface area contributed by atoms with Gasteiger partial charge in [0.1, 0.15) is 0 Å². The van der Waals surface area contributed by atoms with Crippen molar-refractivity contribution in [2.24, 2.45) is 0 Å². The third-order valence-electron chi connectivity index (χ3n) is 0.647. The molecule has 4 heteroatoms. The number of carbonyl (C=O) groups excluding carboxylic acids is 1. The third-order valence-corrected chi connectivity index (χ3v) is 1.04. The fourth-order valence-electron chi connectivity index (χ4n) is 0.266. The molecule has 1 N–H and O–H groups in total. The van der Waals surface area contributed by atoms with E-state index in [0.717, 1.165) is 6.42 Å². The van der Waals surface area contributed by atoms with Gasteiger partial charge >= 0.3 is 0 Å². The number of hydrogen-bond acceptors (Lipinski definition) is 1. The van der Waals surface area contributed by atoms with Crippen LogP contribution >= 0.6 is 23.2 Å². The van der Waals surface area contributed by atoms with Gasteiger partial charge in [-0.3, -0.25) is 4.79 Å². The second-order valence-electron chi connectivity index (χ2n) is 1.42. The summed E-state index contributed by atoms with van der Waals surface area (Å²) in [5.41, 5.74) is 0. The van der Waals surface area contributed by atoms with Gasteiger partial charge in [0.25, 0.3) is 5.91 Å². The van der Waals surface area contributed by atoms with Gasteiger partial charge < -0.3 is 5.32 Å². The van der Waals surface area contributed by atoms with E-state index in [1.165, 1.54) is 0 Å². The standard InChI is InChI=1S/C5H8Cl2NO/c1-2-3-8-5(9)4(6)7/h3-4H,2H2,1H3,(H,8,9). The van der Waals surface area contributed by atoms with Crippen molar-refractivity contribution >= 4 is 29.1 Å². The fourth-order valence-corrected chi connectivity index (χ4v) is 0.392. The number of hydrogen-bond donors (Lipinski definition) is 1. The van der Waals surface area contributed by atoms with E-state index in [2.05, 4.69) is 5.32 Å². The van der Waals surface area contributed by atoms with Crippen molar-refractivity contribution in [2.75, 3.05) is 0 Å². The van der Waals surface area contributed by atoms with Crippen LogP contribution in [0, 0.1) is 6.54 Å². The smallest absolute Gasteiger partial charge is 0.253 e. The molecule has 0 aromatic heterocycles. The first-order valence-corrected chi connectivity index (χ1v) is 3.46. The van der Waals surface area contributed by atoms with Gasteiger partial charge in [0.2, 0.25) is 0 Å². The van der Waals surface area contributed by atoms with Crippen LogP contribution in [0.1, 0.15) is 13.3 Å². The Morgan fingerprint density at radius 2 is 2.33 bits per heavy atom. The van der Waals surface area contributed by atoms with Crippen LogP contribution in [0.25, 0.3) is 0 Å². The molecule has 1 amide bonds. The van der Waals surface area contributed by atoms with Gasteiger partial charge in [-0.05, 0) is 6.42 Å². The lowest BCUT2D eigenvalue weighted by molar-refractivity contribution is -0.118. The fraction of sp³-hybridized carbons (Fsp3) is 0.600. The summed E-state index contributed by atoms with van der Waals surface area (Å²) in [5.74, 6) is -0.375. The molecular formula is C5H8Cl2NO. The van der Waals surface area contributed by atoms with Crippen molar-refractivity contribution in [3.8, 4) is 0 Å². The Kier molecular flexibility index (Phi) is 4.91. The lowest BCUT2D eigenvalue weighted by Crippen LogP contribution is -2.25. The third kappa shape index (κ3) is 4.55. The Hall–Kier alpha value is 0.0500. The Labute approximate surface area is 64.5 Å². The van der Waals surface area contributed by atoms with E-state index in [0.29, 0.717) is 0 Å². The SMILES string of the molecule is CC[CH]NC(=O)C(Cl)Cl. The molecule has 0 atom stereocenters. The molecule has 0 heterocycles. The zero-order valence-corrected chi connectivity index (χ0v) is 6.54. The average Bonchev–Trinajstić information content (AvgIpc) is 1.82. The summed E-state index contributed by atoms with van der Waals surface area (Å²) < 4.78 is 0. The maximum atomic E-state index is 10.5. The summed E-state index contributed by atoms with van der Waals surface area (Å²) in [6, 6.07) is 0. The molecule has 0 aliphatic heterocycles. The van der Waals surface area contributed by atoms with Crippen LogP contribution in [-0.2, 0) is 4.79 Å². The summed E-state index contributed by atoms with van der Waals surface area (Å²) in [6.07, 6.45) is 0.770. The molecule has 1 radical (unpaired) electrons. The molecule has 0 saturated heterocycles. The van der Waals surface area contributed by atoms with E-state index in [-0.39, 0.29) is 5.91 Å². The topological polar surface area (TPSA) is 29.1 Å². The van der Waals surface area contributed by atoms with Crippen LogP contribution in [0.15, 0.2) is 0 Å². The summed E-state index contributed by atoms with van der Waals surface area (Å²) in [6.45, 7) is 3.50. The highest BCUT2D eigenvalue weighted by atomic mass is 35.5. The van der Waals surface area contributed by atoms with Gasteiger partial charge in [0.05, 0.1) is 0 Å². The number of amides is 1. The molecule has 53 valence electrons. The molecule has 0 aliphatic carbocycles. The van der Waals surface area contributed by atoms with Crippen LogP contribution in [0.4, 0.5) is 0 Å². The van der Waals surface area contributed by atoms with Crippen molar-refractivity contribution in [1.29, 1.82) is 0 Å². The number of rotatable bonds is 3. The highest BCUT2D eigenvalue weighted by Crippen LogP contribution is 2.00. The van der Waals surface area contributed by atoms with E-state index >= 15 is 0 Å². The summed E-state index contributed by atoms with van der Waals surface area (Å²) in [4.78, 5) is 9.53. The Morgan fingerprint density at radius 1 is 1.78 bits per heavy atom. The number of alkyl halides is 2. The molecule has 0 aromatic carbocycles. The van der Waals surface area contributed by atoms with Gasteiger partial charge in [0.15, 0.2) is 4.84 Å². The van der Waals surface area contributed by atoms with E-state index in [9.17, 15) is 4.79 Å². The maximum Gasteiger partial charge on any atom is 0.253 e. The van der Waals surface area contributed by atoms with Crippen LogP contribution in [-0.4, -0.2) is 10.7 Å². The Balaban J connectivity index is 3.28. The minimum Gasteiger partial charge on any atom is -0.349 e. The normalized spacial score (nSPS) is 9.78. The van der Waals surface area contributed by atoms with Crippen LogP contribution in [0.5, 0.6) is 0 Å². The highest BCUT2D eigenvalue weighted by Gasteiger charge is 2.08.